The van der Waals surface area contributed by atoms with Gasteiger partial charge in [-0.15, -0.1) is 0 Å². The van der Waals surface area contributed by atoms with Gasteiger partial charge in [0.1, 0.15) is 11.9 Å². The highest BCUT2D eigenvalue weighted by Crippen LogP contribution is 2.29. The van der Waals surface area contributed by atoms with Crippen LogP contribution >= 0.6 is 0 Å². The topological polar surface area (TPSA) is 29.5 Å². The Bertz CT molecular complexity index is 307. The van der Waals surface area contributed by atoms with Crippen LogP contribution in [-0.2, 0) is 12.8 Å². The molecule has 1 unspecified atom stereocenters. The van der Waals surface area contributed by atoms with Crippen molar-refractivity contribution in [3.05, 3.63) is 29.3 Å². The quantitative estimate of drug-likeness (QED) is 0.744. The van der Waals surface area contributed by atoms with Gasteiger partial charge in [-0.2, -0.15) is 0 Å². The van der Waals surface area contributed by atoms with E-state index in [4.69, 9.17) is 9.84 Å². The van der Waals surface area contributed by atoms with Crippen LogP contribution in [0.25, 0.3) is 0 Å². The Morgan fingerprint density at radius 1 is 1.54 bits per heavy atom. The third-order valence-corrected chi connectivity index (χ3v) is 2.36. The maximum Gasteiger partial charge on any atom is 0.123 e. The number of aliphatic hydroxyl groups excluding tert-OH is 1. The lowest BCUT2D eigenvalue weighted by Gasteiger charge is -2.02. The van der Waals surface area contributed by atoms with Crippen molar-refractivity contribution >= 4 is 0 Å². The van der Waals surface area contributed by atoms with Gasteiger partial charge in [-0.3, -0.25) is 0 Å². The van der Waals surface area contributed by atoms with Crippen LogP contribution in [-0.4, -0.2) is 17.8 Å². The molecule has 0 saturated carbocycles. The number of ether oxygens (including phenoxy) is 1. The maximum absolute atomic E-state index is 8.79. The minimum Gasteiger partial charge on any atom is -0.490 e. The Morgan fingerprint density at radius 3 is 3.15 bits per heavy atom. The zero-order chi connectivity index (χ0) is 9.26. The minimum atomic E-state index is 0.217. The fraction of sp³-hybridized carbons (Fsp3) is 0.455. The number of fused-ring (bicyclic) bond motifs is 1. The van der Waals surface area contributed by atoms with Gasteiger partial charge in [0.2, 0.25) is 0 Å². The van der Waals surface area contributed by atoms with Gasteiger partial charge in [-0.05, 0) is 30.5 Å². The lowest BCUT2D eigenvalue weighted by atomic mass is 10.1. The second kappa shape index (κ2) is 3.38. The van der Waals surface area contributed by atoms with Crippen LogP contribution in [0.4, 0.5) is 0 Å². The first-order chi connectivity index (χ1) is 6.29. The zero-order valence-corrected chi connectivity index (χ0v) is 7.79. The summed E-state index contributed by atoms with van der Waals surface area (Å²) in [5, 5.41) is 8.79. The first-order valence-corrected chi connectivity index (χ1v) is 4.69. The van der Waals surface area contributed by atoms with Gasteiger partial charge < -0.3 is 9.84 Å². The molecule has 1 heterocycles. The van der Waals surface area contributed by atoms with E-state index in [0.717, 1.165) is 18.6 Å². The van der Waals surface area contributed by atoms with Gasteiger partial charge in [-0.1, -0.05) is 12.1 Å². The third kappa shape index (κ3) is 1.68. The van der Waals surface area contributed by atoms with Crippen molar-refractivity contribution in [2.75, 3.05) is 6.61 Å². The van der Waals surface area contributed by atoms with Crippen LogP contribution in [0, 0.1) is 0 Å². The maximum atomic E-state index is 8.79. The highest BCUT2D eigenvalue weighted by molar-refractivity contribution is 5.40. The molecule has 1 aromatic carbocycles. The lowest BCUT2D eigenvalue weighted by molar-refractivity contribution is 0.254. The minimum absolute atomic E-state index is 0.217. The van der Waals surface area contributed by atoms with E-state index in [1.807, 2.05) is 12.1 Å². The molecule has 1 aliphatic rings. The molecule has 2 heteroatoms. The highest BCUT2D eigenvalue weighted by Gasteiger charge is 2.18. The van der Waals surface area contributed by atoms with Crippen LogP contribution in [0.3, 0.4) is 0 Å². The molecule has 0 radical (unpaired) electrons. The van der Waals surface area contributed by atoms with E-state index in [9.17, 15) is 0 Å². The molecule has 2 rings (SSSR count). The van der Waals surface area contributed by atoms with Crippen molar-refractivity contribution in [2.24, 2.45) is 0 Å². The lowest BCUT2D eigenvalue weighted by Crippen LogP contribution is -2.05. The average Bonchev–Trinajstić information content (AvgIpc) is 2.44. The van der Waals surface area contributed by atoms with E-state index in [-0.39, 0.29) is 6.61 Å². The Labute approximate surface area is 78.2 Å². The SMILES string of the molecule is CC1Cc2cc(CCO)ccc2O1. The third-order valence-electron chi connectivity index (χ3n) is 2.36. The average molecular weight is 178 g/mol. The molecular weight excluding hydrogens is 164 g/mol. The molecule has 0 aromatic heterocycles. The summed E-state index contributed by atoms with van der Waals surface area (Å²) in [6.07, 6.45) is 2.04. The smallest absolute Gasteiger partial charge is 0.123 e. The molecule has 1 aliphatic heterocycles. The predicted octanol–water partition coefficient (Wildman–Crippen LogP) is 1.54. The van der Waals surface area contributed by atoms with Crippen molar-refractivity contribution in [2.45, 2.75) is 25.9 Å². The van der Waals surface area contributed by atoms with E-state index in [1.165, 1.54) is 11.1 Å². The molecule has 70 valence electrons. The van der Waals surface area contributed by atoms with Crippen LogP contribution < -0.4 is 4.74 Å². The van der Waals surface area contributed by atoms with Crippen LogP contribution in [0.1, 0.15) is 18.1 Å². The standard InChI is InChI=1S/C11H14O2/c1-8-6-10-7-9(4-5-12)2-3-11(10)13-8/h2-3,7-8,12H,4-6H2,1H3. The highest BCUT2D eigenvalue weighted by atomic mass is 16.5. The van der Waals surface area contributed by atoms with E-state index >= 15 is 0 Å². The van der Waals surface area contributed by atoms with Crippen molar-refractivity contribution < 1.29 is 9.84 Å². The molecule has 13 heavy (non-hydrogen) atoms. The molecule has 1 aromatic rings. The molecule has 1 atom stereocenters. The number of aliphatic hydroxyl groups is 1. The monoisotopic (exact) mass is 178 g/mol. The molecule has 0 aliphatic carbocycles. The second-order valence-corrected chi connectivity index (χ2v) is 3.55. The van der Waals surface area contributed by atoms with E-state index < -0.39 is 0 Å². The molecule has 0 spiro atoms. The number of hydrogen-bond donors (Lipinski definition) is 1. The molecular formula is C11H14O2. The molecule has 0 amide bonds. The Hall–Kier alpha value is -1.02. The molecule has 0 fully saturated rings. The van der Waals surface area contributed by atoms with E-state index in [0.29, 0.717) is 6.10 Å². The first kappa shape index (κ1) is 8.57. The normalized spacial score (nSPS) is 19.7. The summed E-state index contributed by atoms with van der Waals surface area (Å²) < 4.78 is 5.58. The van der Waals surface area contributed by atoms with Gasteiger partial charge in [0, 0.05) is 13.0 Å². The Balaban J connectivity index is 2.24. The fourth-order valence-corrected chi connectivity index (χ4v) is 1.76. The molecule has 1 N–H and O–H groups in total. The summed E-state index contributed by atoms with van der Waals surface area (Å²) in [7, 11) is 0. The summed E-state index contributed by atoms with van der Waals surface area (Å²) in [5.41, 5.74) is 2.47. The predicted molar refractivity (Wildman–Crippen MR) is 51.0 cm³/mol. The Morgan fingerprint density at radius 2 is 2.38 bits per heavy atom. The van der Waals surface area contributed by atoms with Crippen molar-refractivity contribution in [1.29, 1.82) is 0 Å². The molecule has 2 nitrogen and oxygen atoms in total. The summed E-state index contributed by atoms with van der Waals surface area (Å²) in [4.78, 5) is 0. The summed E-state index contributed by atoms with van der Waals surface area (Å²) in [5.74, 6) is 1.01. The van der Waals surface area contributed by atoms with E-state index in [1.54, 1.807) is 0 Å². The van der Waals surface area contributed by atoms with Gasteiger partial charge in [-0.25, -0.2) is 0 Å². The number of benzene rings is 1. The van der Waals surface area contributed by atoms with Crippen molar-refractivity contribution in [1.82, 2.24) is 0 Å². The summed E-state index contributed by atoms with van der Waals surface area (Å²) in [6, 6.07) is 6.16. The van der Waals surface area contributed by atoms with Crippen LogP contribution in [0.15, 0.2) is 18.2 Å². The zero-order valence-electron chi connectivity index (χ0n) is 7.79. The largest absolute Gasteiger partial charge is 0.490 e. The molecule has 0 saturated heterocycles. The second-order valence-electron chi connectivity index (χ2n) is 3.55. The fourth-order valence-electron chi connectivity index (χ4n) is 1.76. The number of hydrogen-bond acceptors (Lipinski definition) is 2. The van der Waals surface area contributed by atoms with Gasteiger partial charge in [0.15, 0.2) is 0 Å². The summed E-state index contributed by atoms with van der Waals surface area (Å²) >= 11 is 0. The van der Waals surface area contributed by atoms with Crippen molar-refractivity contribution in [3.63, 3.8) is 0 Å². The van der Waals surface area contributed by atoms with Gasteiger partial charge in [0.25, 0.3) is 0 Å². The Kier molecular flexibility index (Phi) is 2.23. The summed E-state index contributed by atoms with van der Waals surface area (Å²) in [6.45, 7) is 2.29. The number of rotatable bonds is 2. The van der Waals surface area contributed by atoms with Crippen molar-refractivity contribution in [3.8, 4) is 5.75 Å². The van der Waals surface area contributed by atoms with Gasteiger partial charge >= 0.3 is 0 Å². The van der Waals surface area contributed by atoms with Crippen LogP contribution in [0.2, 0.25) is 0 Å². The van der Waals surface area contributed by atoms with Gasteiger partial charge in [0.05, 0.1) is 0 Å². The van der Waals surface area contributed by atoms with E-state index in [2.05, 4.69) is 13.0 Å². The molecule has 0 bridgehead atoms. The first-order valence-electron chi connectivity index (χ1n) is 4.69. The van der Waals surface area contributed by atoms with Crippen LogP contribution in [0.5, 0.6) is 5.75 Å².